The van der Waals surface area contributed by atoms with Crippen molar-refractivity contribution in [3.63, 3.8) is 0 Å². The van der Waals surface area contributed by atoms with Gasteiger partial charge in [0.25, 0.3) is 11.8 Å². The zero-order valence-electron chi connectivity index (χ0n) is 18.1. The van der Waals surface area contributed by atoms with E-state index >= 15 is 0 Å². The molecular formula is C26H21N3O5. The molecule has 8 nitrogen and oxygen atoms in total. The van der Waals surface area contributed by atoms with Gasteiger partial charge in [-0.15, -0.1) is 0 Å². The minimum Gasteiger partial charge on any atom is -0.482 e. The molecule has 2 heterocycles. The third kappa shape index (κ3) is 3.79. The van der Waals surface area contributed by atoms with E-state index in [-0.39, 0.29) is 24.5 Å². The monoisotopic (exact) mass is 455 g/mol. The van der Waals surface area contributed by atoms with Crippen LogP contribution in [0.4, 0.5) is 10.5 Å². The van der Waals surface area contributed by atoms with Crippen LogP contribution in [0.15, 0.2) is 78.9 Å². The van der Waals surface area contributed by atoms with E-state index in [2.05, 4.69) is 10.6 Å². The highest BCUT2D eigenvalue weighted by Crippen LogP contribution is 2.34. The van der Waals surface area contributed by atoms with Crippen LogP contribution < -0.4 is 15.4 Å². The number of carbonyl (C=O) groups is 4. The smallest absolute Gasteiger partial charge is 0.325 e. The maximum atomic E-state index is 13.7. The van der Waals surface area contributed by atoms with E-state index in [0.29, 0.717) is 17.0 Å². The minimum atomic E-state index is -1.32. The number of ketones is 1. The molecule has 0 spiro atoms. The minimum absolute atomic E-state index is 0.0915. The van der Waals surface area contributed by atoms with Gasteiger partial charge in [-0.2, -0.15) is 0 Å². The van der Waals surface area contributed by atoms with Gasteiger partial charge < -0.3 is 15.4 Å². The zero-order chi connectivity index (χ0) is 23.7. The molecule has 0 aromatic heterocycles. The van der Waals surface area contributed by atoms with E-state index in [1.165, 1.54) is 6.07 Å². The lowest BCUT2D eigenvalue weighted by Crippen LogP contribution is -2.46. The van der Waals surface area contributed by atoms with Gasteiger partial charge >= 0.3 is 6.03 Å². The Bertz CT molecular complexity index is 1290. The van der Waals surface area contributed by atoms with Crippen LogP contribution >= 0.6 is 0 Å². The summed E-state index contributed by atoms with van der Waals surface area (Å²) in [6.45, 7) is -0.520. The largest absolute Gasteiger partial charge is 0.482 e. The van der Waals surface area contributed by atoms with Crippen LogP contribution in [-0.4, -0.2) is 41.7 Å². The summed E-state index contributed by atoms with van der Waals surface area (Å²) in [7, 11) is 0. The van der Waals surface area contributed by atoms with Crippen molar-refractivity contribution in [1.82, 2.24) is 10.2 Å². The lowest BCUT2D eigenvalue weighted by Gasteiger charge is -2.27. The average Bonchev–Trinajstić information content (AvgIpc) is 3.09. The molecule has 8 heteroatoms. The van der Waals surface area contributed by atoms with Crippen molar-refractivity contribution in [1.29, 1.82) is 0 Å². The summed E-state index contributed by atoms with van der Waals surface area (Å²) in [5, 5.41) is 5.51. The molecule has 3 aromatic carbocycles. The second kappa shape index (κ2) is 8.47. The average molecular weight is 455 g/mol. The van der Waals surface area contributed by atoms with Gasteiger partial charge in [0.05, 0.1) is 12.2 Å². The number of Topliss-reactive ketones (excluding diaryl/α,β-unsaturated/α-hetero) is 1. The molecule has 0 bridgehead atoms. The van der Waals surface area contributed by atoms with E-state index in [4.69, 9.17) is 4.74 Å². The maximum absolute atomic E-state index is 13.7. The number of urea groups is 1. The molecule has 4 amide bonds. The molecule has 0 aliphatic carbocycles. The van der Waals surface area contributed by atoms with Crippen molar-refractivity contribution >= 4 is 29.3 Å². The molecule has 2 aliphatic heterocycles. The van der Waals surface area contributed by atoms with Gasteiger partial charge in [-0.1, -0.05) is 60.7 Å². The van der Waals surface area contributed by atoms with Crippen LogP contribution in [0, 0.1) is 0 Å². The first-order valence-corrected chi connectivity index (χ1v) is 10.8. The molecule has 2 N–H and O–H groups in total. The summed E-state index contributed by atoms with van der Waals surface area (Å²) in [4.78, 5) is 52.3. The second-order valence-electron chi connectivity index (χ2n) is 8.23. The van der Waals surface area contributed by atoms with Gasteiger partial charge in [-0.25, -0.2) is 4.79 Å². The van der Waals surface area contributed by atoms with E-state index in [9.17, 15) is 19.2 Å². The van der Waals surface area contributed by atoms with Crippen LogP contribution in [0.3, 0.4) is 0 Å². The summed E-state index contributed by atoms with van der Waals surface area (Å²) in [6, 6.07) is 22.4. The molecule has 2 aliphatic rings. The number of anilines is 1. The Kier molecular flexibility index (Phi) is 5.33. The zero-order valence-corrected chi connectivity index (χ0v) is 18.1. The number of benzene rings is 3. The Hall–Kier alpha value is -4.46. The van der Waals surface area contributed by atoms with Gasteiger partial charge in [0, 0.05) is 12.0 Å². The third-order valence-electron chi connectivity index (χ3n) is 5.99. The second-order valence-corrected chi connectivity index (χ2v) is 8.23. The molecule has 1 saturated heterocycles. The fraction of sp³-hybridized carbons (Fsp3) is 0.154. The van der Waals surface area contributed by atoms with E-state index in [1.54, 1.807) is 36.4 Å². The number of fused-ring (bicyclic) bond motifs is 1. The van der Waals surface area contributed by atoms with Crippen molar-refractivity contribution in [3.8, 4) is 5.75 Å². The normalized spacial score (nSPS) is 19.2. The van der Waals surface area contributed by atoms with Crippen molar-refractivity contribution in [2.75, 3.05) is 18.5 Å². The molecule has 0 radical (unpaired) electrons. The highest BCUT2D eigenvalue weighted by Gasteiger charge is 2.52. The van der Waals surface area contributed by atoms with Crippen LogP contribution in [0.5, 0.6) is 5.75 Å². The van der Waals surface area contributed by atoms with Crippen LogP contribution in [0.1, 0.15) is 21.5 Å². The van der Waals surface area contributed by atoms with E-state index in [0.717, 1.165) is 10.5 Å². The van der Waals surface area contributed by atoms with Gasteiger partial charge in [-0.3, -0.25) is 19.3 Å². The molecule has 0 saturated carbocycles. The molecular weight excluding hydrogens is 434 g/mol. The first-order chi connectivity index (χ1) is 16.5. The quantitative estimate of drug-likeness (QED) is 0.439. The lowest BCUT2D eigenvalue weighted by molar-refractivity contribution is -0.131. The topological polar surface area (TPSA) is 105 Å². The number of hydrogen-bond donors (Lipinski definition) is 2. The van der Waals surface area contributed by atoms with Crippen LogP contribution in [0.25, 0.3) is 0 Å². The lowest BCUT2D eigenvalue weighted by atomic mass is 9.83. The number of ether oxygens (including phenoxy) is 1. The fourth-order valence-electron chi connectivity index (χ4n) is 4.30. The SMILES string of the molecule is O=C1COc2ccc(C(=O)CN3C(=O)NC(Cc4ccccc4)(c4ccccc4)C3=O)cc2N1. The summed E-state index contributed by atoms with van der Waals surface area (Å²) in [6.07, 6.45) is 0.245. The van der Waals surface area contributed by atoms with Gasteiger partial charge in [0.2, 0.25) is 0 Å². The predicted molar refractivity (Wildman–Crippen MR) is 123 cm³/mol. The van der Waals surface area contributed by atoms with Gasteiger partial charge in [-0.05, 0) is 29.3 Å². The van der Waals surface area contributed by atoms with Crippen LogP contribution in [0.2, 0.25) is 0 Å². The van der Waals surface area contributed by atoms with Crippen molar-refractivity contribution in [3.05, 3.63) is 95.6 Å². The summed E-state index contributed by atoms with van der Waals surface area (Å²) in [5.41, 5.74) is 0.823. The number of imide groups is 1. The molecule has 1 unspecified atom stereocenters. The van der Waals surface area contributed by atoms with Crippen LogP contribution in [-0.2, 0) is 21.5 Å². The first kappa shape index (κ1) is 21.4. The standard InChI is InChI=1S/C26H21N3O5/c30-21(18-11-12-22-20(13-18)27-23(31)16-34-22)15-29-24(32)26(28-25(29)33,19-9-5-2-6-10-19)14-17-7-3-1-4-8-17/h1-13H,14-16H2,(H,27,31)(H,28,33). The van der Waals surface area contributed by atoms with Crippen molar-refractivity contribution < 1.29 is 23.9 Å². The number of hydrogen-bond acceptors (Lipinski definition) is 5. The Labute approximate surface area is 195 Å². The number of rotatable bonds is 6. The van der Waals surface area contributed by atoms with Crippen molar-refractivity contribution in [2.24, 2.45) is 0 Å². The van der Waals surface area contributed by atoms with E-state index < -0.39 is 29.8 Å². The molecule has 34 heavy (non-hydrogen) atoms. The fourth-order valence-corrected chi connectivity index (χ4v) is 4.30. The van der Waals surface area contributed by atoms with Crippen molar-refractivity contribution in [2.45, 2.75) is 12.0 Å². The maximum Gasteiger partial charge on any atom is 0.325 e. The Balaban J connectivity index is 1.44. The highest BCUT2D eigenvalue weighted by molar-refractivity contribution is 6.12. The number of amides is 4. The van der Waals surface area contributed by atoms with Gasteiger partial charge in [0.15, 0.2) is 17.9 Å². The van der Waals surface area contributed by atoms with E-state index in [1.807, 2.05) is 36.4 Å². The number of nitrogens with zero attached hydrogens (tertiary/aromatic N) is 1. The first-order valence-electron chi connectivity index (χ1n) is 10.8. The Morgan fingerprint density at radius 2 is 1.65 bits per heavy atom. The molecule has 1 fully saturated rings. The summed E-state index contributed by atoms with van der Waals surface area (Å²) in [5.74, 6) is -0.790. The Morgan fingerprint density at radius 1 is 0.941 bits per heavy atom. The molecule has 3 aromatic rings. The molecule has 5 rings (SSSR count). The highest BCUT2D eigenvalue weighted by atomic mass is 16.5. The number of carbonyl (C=O) groups excluding carboxylic acids is 4. The molecule has 1 atom stereocenters. The predicted octanol–water partition coefficient (Wildman–Crippen LogP) is 2.89. The van der Waals surface area contributed by atoms with Gasteiger partial charge in [0.1, 0.15) is 5.75 Å². The summed E-state index contributed by atoms with van der Waals surface area (Å²) >= 11 is 0. The summed E-state index contributed by atoms with van der Waals surface area (Å²) < 4.78 is 5.32. The third-order valence-corrected chi connectivity index (χ3v) is 5.99. The molecule has 170 valence electrons. The number of nitrogens with one attached hydrogen (secondary N) is 2. The Morgan fingerprint density at radius 3 is 2.38 bits per heavy atom.